The summed E-state index contributed by atoms with van der Waals surface area (Å²) in [5.74, 6) is -1.43. The van der Waals surface area contributed by atoms with Crippen LogP contribution in [0.25, 0.3) is 10.8 Å². The van der Waals surface area contributed by atoms with Crippen molar-refractivity contribution in [1.82, 2.24) is 15.8 Å². The number of hydrazine groups is 1. The van der Waals surface area contributed by atoms with Gasteiger partial charge in [-0.15, -0.1) is 0 Å². The van der Waals surface area contributed by atoms with E-state index >= 15 is 0 Å². The second kappa shape index (κ2) is 8.51. The molecule has 2 aromatic rings. The Kier molecular flexibility index (Phi) is 6.06. The van der Waals surface area contributed by atoms with Crippen LogP contribution in [-0.4, -0.2) is 33.5 Å². The molecule has 1 atom stereocenters. The first-order valence-corrected chi connectivity index (χ1v) is 10.0. The maximum atomic E-state index is 12.8. The van der Waals surface area contributed by atoms with Crippen molar-refractivity contribution in [2.24, 2.45) is 0 Å². The number of nitrogens with zero attached hydrogens (tertiary/aromatic N) is 1. The van der Waals surface area contributed by atoms with Gasteiger partial charge in [0.25, 0.3) is 11.8 Å². The maximum absolute atomic E-state index is 12.8. The number of benzene rings is 2. The van der Waals surface area contributed by atoms with Gasteiger partial charge in [-0.1, -0.05) is 63.3 Å². The maximum Gasteiger partial charge on any atom is 0.344 e. The van der Waals surface area contributed by atoms with Gasteiger partial charge in [-0.25, -0.2) is 4.79 Å². The molecule has 7 heteroatoms. The van der Waals surface area contributed by atoms with Crippen molar-refractivity contribution in [3.05, 3.63) is 42.0 Å². The van der Waals surface area contributed by atoms with Crippen LogP contribution in [0.3, 0.4) is 0 Å². The van der Waals surface area contributed by atoms with Crippen LogP contribution in [0.2, 0.25) is 0 Å². The van der Waals surface area contributed by atoms with Crippen molar-refractivity contribution in [2.45, 2.75) is 57.9 Å². The largest absolute Gasteiger partial charge is 0.507 e. The molecule has 1 saturated heterocycles. The van der Waals surface area contributed by atoms with Crippen molar-refractivity contribution >= 4 is 28.6 Å². The van der Waals surface area contributed by atoms with E-state index in [0.717, 1.165) is 42.9 Å². The average Bonchev–Trinajstić information content (AvgIpc) is 2.90. The summed E-state index contributed by atoms with van der Waals surface area (Å²) in [5, 5.41) is 15.2. The third kappa shape index (κ3) is 4.34. The number of aromatic hydroxyl groups is 1. The molecule has 0 radical (unpaired) electrons. The predicted octanol–water partition coefficient (Wildman–Crippen LogP) is 3.86. The number of nitrogens with one attached hydrogen (secondary N) is 2. The van der Waals surface area contributed by atoms with Crippen LogP contribution >= 0.6 is 0 Å². The molecule has 1 heterocycles. The van der Waals surface area contributed by atoms with Crippen molar-refractivity contribution in [3.8, 4) is 5.75 Å². The molecule has 1 aliphatic heterocycles. The normalized spacial score (nSPS) is 18.9. The highest BCUT2D eigenvalue weighted by molar-refractivity contribution is 6.10. The van der Waals surface area contributed by atoms with Crippen molar-refractivity contribution < 1.29 is 19.5 Å². The summed E-state index contributed by atoms with van der Waals surface area (Å²) in [6.45, 7) is 3.81. The number of hydrogen-bond acceptors (Lipinski definition) is 4. The van der Waals surface area contributed by atoms with E-state index in [1.54, 1.807) is 6.92 Å². The molecule has 1 unspecified atom stereocenters. The number of imide groups is 1. The van der Waals surface area contributed by atoms with Crippen LogP contribution in [0.15, 0.2) is 36.4 Å². The van der Waals surface area contributed by atoms with Gasteiger partial charge in [-0.05, 0) is 36.2 Å². The smallest absolute Gasteiger partial charge is 0.344 e. The second-order valence-corrected chi connectivity index (χ2v) is 7.72. The molecule has 3 N–H and O–H groups in total. The van der Waals surface area contributed by atoms with Crippen molar-refractivity contribution in [1.29, 1.82) is 0 Å². The van der Waals surface area contributed by atoms with E-state index in [1.807, 2.05) is 24.3 Å². The van der Waals surface area contributed by atoms with Gasteiger partial charge in [0.15, 0.2) is 0 Å². The number of unbranched alkanes of at least 4 members (excludes halogenated alkanes) is 4. The summed E-state index contributed by atoms with van der Waals surface area (Å²) < 4.78 is 0. The van der Waals surface area contributed by atoms with Gasteiger partial charge in [0.05, 0.1) is 5.56 Å². The molecule has 7 nitrogen and oxygen atoms in total. The fraction of sp³-hybridized carbons (Fsp3) is 0.409. The Morgan fingerprint density at radius 1 is 1.10 bits per heavy atom. The Morgan fingerprint density at radius 3 is 2.45 bits per heavy atom. The molecular weight excluding hydrogens is 370 g/mol. The monoisotopic (exact) mass is 397 g/mol. The van der Waals surface area contributed by atoms with Crippen LogP contribution in [0.5, 0.6) is 5.75 Å². The SMILES string of the molecule is CCCCCCCC1(C)NC(=O)N(NC(=O)c2cc3ccccc3cc2O)C1=O. The summed E-state index contributed by atoms with van der Waals surface area (Å²) in [6.07, 6.45) is 5.69. The molecule has 0 aromatic heterocycles. The Morgan fingerprint density at radius 2 is 1.76 bits per heavy atom. The highest BCUT2D eigenvalue weighted by Gasteiger charge is 2.48. The number of fused-ring (bicyclic) bond motifs is 1. The molecule has 1 aliphatic rings. The lowest BCUT2D eigenvalue weighted by atomic mass is 9.94. The molecule has 0 bridgehead atoms. The molecule has 2 aromatic carbocycles. The zero-order valence-electron chi connectivity index (χ0n) is 16.8. The summed E-state index contributed by atoms with van der Waals surface area (Å²) in [5.41, 5.74) is 1.30. The number of carbonyl (C=O) groups excluding carboxylic acids is 3. The first-order chi connectivity index (χ1) is 13.9. The summed E-state index contributed by atoms with van der Waals surface area (Å²) in [6, 6.07) is 9.64. The van der Waals surface area contributed by atoms with Crippen molar-refractivity contribution in [2.75, 3.05) is 0 Å². The van der Waals surface area contributed by atoms with Gasteiger partial charge in [0.1, 0.15) is 11.3 Å². The van der Waals surface area contributed by atoms with Crippen LogP contribution in [0.4, 0.5) is 4.79 Å². The molecule has 4 amide bonds. The Bertz CT molecular complexity index is 943. The lowest BCUT2D eigenvalue weighted by Gasteiger charge is -2.21. The fourth-order valence-electron chi connectivity index (χ4n) is 3.61. The highest BCUT2D eigenvalue weighted by atomic mass is 16.3. The van der Waals surface area contributed by atoms with E-state index in [-0.39, 0.29) is 11.3 Å². The molecular formula is C22H27N3O4. The first kappa shape index (κ1) is 20.6. The number of phenolic OH excluding ortho intramolecular Hbond substituents is 1. The number of carbonyl (C=O) groups is 3. The minimum absolute atomic E-state index is 0.00234. The van der Waals surface area contributed by atoms with Gasteiger partial charge in [0.2, 0.25) is 0 Å². The fourth-order valence-corrected chi connectivity index (χ4v) is 3.61. The minimum atomic E-state index is -1.04. The number of phenols is 1. The number of amides is 4. The van der Waals surface area contributed by atoms with E-state index in [0.29, 0.717) is 11.4 Å². The second-order valence-electron chi connectivity index (χ2n) is 7.72. The summed E-state index contributed by atoms with van der Waals surface area (Å²) in [7, 11) is 0. The first-order valence-electron chi connectivity index (χ1n) is 10.0. The van der Waals surface area contributed by atoms with Gasteiger partial charge < -0.3 is 10.4 Å². The van der Waals surface area contributed by atoms with Crippen LogP contribution in [0, 0.1) is 0 Å². The van der Waals surface area contributed by atoms with Crippen LogP contribution in [0.1, 0.15) is 62.7 Å². The molecule has 0 saturated carbocycles. The van der Waals surface area contributed by atoms with E-state index in [2.05, 4.69) is 17.7 Å². The Labute approximate surface area is 170 Å². The molecule has 1 fully saturated rings. The zero-order valence-corrected chi connectivity index (χ0v) is 16.8. The Hall–Kier alpha value is -3.09. The third-order valence-corrected chi connectivity index (χ3v) is 5.36. The van der Waals surface area contributed by atoms with E-state index in [9.17, 15) is 19.5 Å². The topological polar surface area (TPSA) is 98.7 Å². The number of hydrogen-bond donors (Lipinski definition) is 3. The lowest BCUT2D eigenvalue weighted by Crippen LogP contribution is -2.48. The standard InChI is InChI=1S/C22H27N3O4/c1-3-4-5-6-9-12-22(2)20(28)25(21(29)23-22)24-19(27)17-13-15-10-7-8-11-16(15)14-18(17)26/h7-8,10-11,13-14,26H,3-6,9,12H2,1-2H3,(H,23,29)(H,24,27). The predicted molar refractivity (Wildman–Crippen MR) is 110 cm³/mol. The zero-order chi connectivity index (χ0) is 21.0. The number of urea groups is 1. The lowest BCUT2D eigenvalue weighted by molar-refractivity contribution is -0.132. The van der Waals surface area contributed by atoms with Gasteiger partial charge >= 0.3 is 6.03 Å². The quantitative estimate of drug-likeness (QED) is 0.465. The molecule has 0 spiro atoms. The van der Waals surface area contributed by atoms with Gasteiger partial charge in [0, 0.05) is 0 Å². The number of rotatable bonds is 8. The molecule has 29 heavy (non-hydrogen) atoms. The van der Waals surface area contributed by atoms with Crippen LogP contribution < -0.4 is 10.7 Å². The van der Waals surface area contributed by atoms with E-state index in [4.69, 9.17) is 0 Å². The van der Waals surface area contributed by atoms with Gasteiger partial charge in [-0.3, -0.25) is 15.0 Å². The summed E-state index contributed by atoms with van der Waals surface area (Å²) >= 11 is 0. The average molecular weight is 397 g/mol. The molecule has 0 aliphatic carbocycles. The molecule has 3 rings (SSSR count). The third-order valence-electron chi connectivity index (χ3n) is 5.36. The van der Waals surface area contributed by atoms with Crippen LogP contribution in [-0.2, 0) is 4.79 Å². The van der Waals surface area contributed by atoms with Gasteiger partial charge in [-0.2, -0.15) is 5.01 Å². The van der Waals surface area contributed by atoms with E-state index < -0.39 is 23.4 Å². The van der Waals surface area contributed by atoms with Crippen molar-refractivity contribution in [3.63, 3.8) is 0 Å². The molecule has 154 valence electrons. The Balaban J connectivity index is 1.69. The summed E-state index contributed by atoms with van der Waals surface area (Å²) in [4.78, 5) is 37.8. The minimum Gasteiger partial charge on any atom is -0.507 e. The van der Waals surface area contributed by atoms with E-state index in [1.165, 1.54) is 12.1 Å². The highest BCUT2D eigenvalue weighted by Crippen LogP contribution is 2.26.